The number of hydrogen-bond acceptors (Lipinski definition) is 3. The van der Waals surface area contributed by atoms with Gasteiger partial charge in [0.1, 0.15) is 11.9 Å². The zero-order valence-corrected chi connectivity index (χ0v) is 9.65. The van der Waals surface area contributed by atoms with E-state index in [-0.39, 0.29) is 18.0 Å². The van der Waals surface area contributed by atoms with Gasteiger partial charge in [0.2, 0.25) is 0 Å². The maximum absolute atomic E-state index is 9.91. The van der Waals surface area contributed by atoms with Gasteiger partial charge in [-0.2, -0.15) is 0 Å². The summed E-state index contributed by atoms with van der Waals surface area (Å²) in [5.74, 6) is 0.285. The van der Waals surface area contributed by atoms with Crippen LogP contribution in [0.5, 0.6) is 5.75 Å². The van der Waals surface area contributed by atoms with E-state index in [1.807, 2.05) is 32.0 Å². The molecular formula is C12H18O3. The number of ether oxygens (including phenoxy) is 2. The molecular weight excluding hydrogens is 192 g/mol. The fourth-order valence-corrected chi connectivity index (χ4v) is 1.61. The summed E-state index contributed by atoms with van der Waals surface area (Å²) >= 11 is 0. The van der Waals surface area contributed by atoms with Crippen molar-refractivity contribution in [1.29, 1.82) is 0 Å². The first-order valence-corrected chi connectivity index (χ1v) is 4.95. The first kappa shape index (κ1) is 12.0. The number of hydrogen-bond donors (Lipinski definition) is 1. The lowest BCUT2D eigenvalue weighted by Crippen LogP contribution is -2.19. The molecule has 1 N–H and O–H groups in total. The predicted molar refractivity (Wildman–Crippen MR) is 59.1 cm³/mol. The van der Waals surface area contributed by atoms with Crippen LogP contribution in [0, 0.1) is 6.92 Å². The SMILES string of the molecule is CO[C@H](c1cccc(C)c1O)[C@@H](C)OC. The third-order valence-electron chi connectivity index (χ3n) is 2.63. The molecule has 0 amide bonds. The summed E-state index contributed by atoms with van der Waals surface area (Å²) in [6, 6.07) is 5.62. The van der Waals surface area contributed by atoms with Crippen LogP contribution in [0.15, 0.2) is 18.2 Å². The van der Waals surface area contributed by atoms with Crippen molar-refractivity contribution in [3.63, 3.8) is 0 Å². The van der Waals surface area contributed by atoms with Gasteiger partial charge in [-0.25, -0.2) is 0 Å². The predicted octanol–water partition coefficient (Wildman–Crippen LogP) is 2.42. The molecule has 1 aromatic carbocycles. The second-order valence-corrected chi connectivity index (χ2v) is 3.61. The summed E-state index contributed by atoms with van der Waals surface area (Å²) in [4.78, 5) is 0. The molecule has 0 saturated carbocycles. The van der Waals surface area contributed by atoms with Gasteiger partial charge in [-0.1, -0.05) is 18.2 Å². The number of para-hydroxylation sites is 1. The number of rotatable bonds is 4. The van der Waals surface area contributed by atoms with Crippen LogP contribution in [0.4, 0.5) is 0 Å². The number of methoxy groups -OCH3 is 2. The number of aromatic hydroxyl groups is 1. The van der Waals surface area contributed by atoms with Gasteiger partial charge in [0.05, 0.1) is 6.10 Å². The van der Waals surface area contributed by atoms with E-state index in [0.29, 0.717) is 0 Å². The molecule has 0 heterocycles. The smallest absolute Gasteiger partial charge is 0.124 e. The molecule has 0 aromatic heterocycles. The molecule has 0 aliphatic rings. The highest BCUT2D eigenvalue weighted by atomic mass is 16.5. The molecule has 0 saturated heterocycles. The van der Waals surface area contributed by atoms with Crippen molar-refractivity contribution in [1.82, 2.24) is 0 Å². The standard InChI is InChI=1S/C12H18O3/c1-8-6-5-7-10(11(8)13)12(15-4)9(2)14-3/h5-7,9,12-13H,1-4H3/t9-,12+/m1/s1. The number of aryl methyl sites for hydroxylation is 1. The Morgan fingerprint density at radius 1 is 1.20 bits per heavy atom. The molecule has 2 atom stereocenters. The van der Waals surface area contributed by atoms with Crippen molar-refractivity contribution in [2.24, 2.45) is 0 Å². The minimum atomic E-state index is -0.241. The van der Waals surface area contributed by atoms with E-state index in [2.05, 4.69) is 0 Å². The normalized spacial score (nSPS) is 14.9. The first-order valence-electron chi connectivity index (χ1n) is 4.95. The maximum Gasteiger partial charge on any atom is 0.124 e. The van der Waals surface area contributed by atoms with Crippen LogP contribution in [0.2, 0.25) is 0 Å². The van der Waals surface area contributed by atoms with Crippen molar-refractivity contribution in [3.8, 4) is 5.75 Å². The zero-order valence-electron chi connectivity index (χ0n) is 9.65. The van der Waals surface area contributed by atoms with Crippen LogP contribution in [-0.2, 0) is 9.47 Å². The highest BCUT2D eigenvalue weighted by Crippen LogP contribution is 2.31. The molecule has 0 bridgehead atoms. The van der Waals surface area contributed by atoms with E-state index >= 15 is 0 Å². The summed E-state index contributed by atoms with van der Waals surface area (Å²) < 4.78 is 10.6. The minimum absolute atomic E-state index is 0.0947. The Labute approximate surface area is 90.6 Å². The van der Waals surface area contributed by atoms with Crippen molar-refractivity contribution in [2.75, 3.05) is 14.2 Å². The quantitative estimate of drug-likeness (QED) is 0.829. The van der Waals surface area contributed by atoms with Gasteiger partial charge >= 0.3 is 0 Å². The van der Waals surface area contributed by atoms with E-state index < -0.39 is 0 Å². The molecule has 0 radical (unpaired) electrons. The topological polar surface area (TPSA) is 38.7 Å². The third-order valence-corrected chi connectivity index (χ3v) is 2.63. The monoisotopic (exact) mass is 210 g/mol. The summed E-state index contributed by atoms with van der Waals surface area (Å²) in [5, 5.41) is 9.91. The van der Waals surface area contributed by atoms with Crippen LogP contribution in [-0.4, -0.2) is 25.4 Å². The largest absolute Gasteiger partial charge is 0.507 e. The Morgan fingerprint density at radius 3 is 2.40 bits per heavy atom. The molecule has 0 aliphatic heterocycles. The highest BCUT2D eigenvalue weighted by molar-refractivity contribution is 5.41. The van der Waals surface area contributed by atoms with E-state index in [9.17, 15) is 5.11 Å². The van der Waals surface area contributed by atoms with Crippen molar-refractivity contribution in [3.05, 3.63) is 29.3 Å². The van der Waals surface area contributed by atoms with Gasteiger partial charge in [-0.3, -0.25) is 0 Å². The highest BCUT2D eigenvalue weighted by Gasteiger charge is 2.21. The van der Waals surface area contributed by atoms with E-state index in [0.717, 1.165) is 11.1 Å². The number of benzene rings is 1. The molecule has 3 nitrogen and oxygen atoms in total. The van der Waals surface area contributed by atoms with Gasteiger partial charge in [0.15, 0.2) is 0 Å². The number of phenolic OH excluding ortho intramolecular Hbond substituents is 1. The average molecular weight is 210 g/mol. The molecule has 1 aromatic rings. The minimum Gasteiger partial charge on any atom is -0.507 e. The Kier molecular flexibility index (Phi) is 4.12. The van der Waals surface area contributed by atoms with Crippen molar-refractivity contribution in [2.45, 2.75) is 26.1 Å². The molecule has 0 fully saturated rings. The number of phenols is 1. The Hall–Kier alpha value is -1.06. The van der Waals surface area contributed by atoms with Gasteiger partial charge in [0.25, 0.3) is 0 Å². The second-order valence-electron chi connectivity index (χ2n) is 3.61. The van der Waals surface area contributed by atoms with Gasteiger partial charge < -0.3 is 14.6 Å². The second kappa shape index (κ2) is 5.14. The Bertz CT molecular complexity index is 323. The van der Waals surface area contributed by atoms with Crippen LogP contribution < -0.4 is 0 Å². The van der Waals surface area contributed by atoms with Gasteiger partial charge in [-0.15, -0.1) is 0 Å². The Balaban J connectivity index is 3.07. The van der Waals surface area contributed by atoms with E-state index in [1.165, 1.54) is 0 Å². The lowest BCUT2D eigenvalue weighted by molar-refractivity contribution is -0.0287. The van der Waals surface area contributed by atoms with Crippen molar-refractivity contribution < 1.29 is 14.6 Å². The molecule has 84 valence electrons. The third kappa shape index (κ3) is 2.49. The maximum atomic E-state index is 9.91. The molecule has 0 unspecified atom stereocenters. The lowest BCUT2D eigenvalue weighted by atomic mass is 10.0. The summed E-state index contributed by atoms with van der Waals surface area (Å²) in [7, 11) is 3.24. The summed E-state index contributed by atoms with van der Waals surface area (Å²) in [5.41, 5.74) is 1.62. The van der Waals surface area contributed by atoms with Crippen LogP contribution in [0.1, 0.15) is 24.2 Å². The van der Waals surface area contributed by atoms with E-state index in [4.69, 9.17) is 9.47 Å². The van der Waals surface area contributed by atoms with Crippen LogP contribution in [0.25, 0.3) is 0 Å². The summed E-state index contributed by atoms with van der Waals surface area (Å²) in [6.07, 6.45) is -0.336. The fraction of sp³-hybridized carbons (Fsp3) is 0.500. The molecule has 0 aliphatic carbocycles. The fourth-order valence-electron chi connectivity index (χ4n) is 1.61. The van der Waals surface area contributed by atoms with Gasteiger partial charge in [0, 0.05) is 19.8 Å². The molecule has 3 heteroatoms. The Morgan fingerprint density at radius 2 is 1.87 bits per heavy atom. The molecule has 15 heavy (non-hydrogen) atoms. The van der Waals surface area contributed by atoms with Crippen LogP contribution in [0.3, 0.4) is 0 Å². The van der Waals surface area contributed by atoms with E-state index in [1.54, 1.807) is 14.2 Å². The van der Waals surface area contributed by atoms with Crippen LogP contribution >= 0.6 is 0 Å². The summed E-state index contributed by atoms with van der Waals surface area (Å²) in [6.45, 7) is 3.78. The molecule has 1 rings (SSSR count). The molecule has 0 spiro atoms. The average Bonchev–Trinajstić information content (AvgIpc) is 2.24. The lowest BCUT2D eigenvalue weighted by Gasteiger charge is -2.23. The van der Waals surface area contributed by atoms with Crippen molar-refractivity contribution >= 4 is 0 Å². The zero-order chi connectivity index (χ0) is 11.4. The first-order chi connectivity index (χ1) is 7.11. The van der Waals surface area contributed by atoms with Gasteiger partial charge in [-0.05, 0) is 19.4 Å².